The second-order valence-corrected chi connectivity index (χ2v) is 0.610. The summed E-state index contributed by atoms with van der Waals surface area (Å²) >= 11 is 0. The molecule has 8 N–H and O–H groups in total. The van der Waals surface area contributed by atoms with Crippen molar-refractivity contribution in [2.75, 3.05) is 0 Å². The molecule has 9 heteroatoms. The third-order valence-corrected chi connectivity index (χ3v) is 0.183. The first-order valence-corrected chi connectivity index (χ1v) is 1.11. The van der Waals surface area contributed by atoms with Crippen LogP contribution in [0.2, 0.25) is 0 Å². The molecule has 0 saturated heterocycles. The van der Waals surface area contributed by atoms with Gasteiger partial charge in [0.1, 0.15) is 0 Å². The van der Waals surface area contributed by atoms with Gasteiger partial charge in [-0.05, 0) is 0 Å². The molecule has 0 heterocycles. The standard InChI is InChI=1S/C2H2O4.Cr.K.3H2O.H/c3-1(4)2(5)6;;;;;;/h(H,3,4)(H,5,6);;;3*1H2;/q;;+1;;;;-1. The Kier molecular flexibility index (Phi) is 82.4. The Balaban J connectivity index is -0.00000000833. The number of carbonyl (C=O) groups is 2. The van der Waals surface area contributed by atoms with Crippen LogP contribution in [0.25, 0.3) is 0 Å². The average molecular weight is 236 g/mol. The quantitative estimate of drug-likeness (QED) is 0.315. The van der Waals surface area contributed by atoms with Crippen molar-refractivity contribution in [3.05, 3.63) is 0 Å². The smallest absolute Gasteiger partial charge is 1.00 e. The zero-order valence-electron chi connectivity index (χ0n) is 6.62. The monoisotopic (exact) mass is 236 g/mol. The van der Waals surface area contributed by atoms with Crippen LogP contribution in [0.4, 0.5) is 0 Å². The number of carboxylic acids is 2. The van der Waals surface area contributed by atoms with Gasteiger partial charge in [0.15, 0.2) is 0 Å². The number of rotatable bonds is 0. The topological polar surface area (TPSA) is 169 Å². The van der Waals surface area contributed by atoms with Gasteiger partial charge < -0.3 is 28.1 Å². The molecule has 0 unspecified atom stereocenters. The van der Waals surface area contributed by atoms with Crippen LogP contribution in [0.5, 0.6) is 0 Å². The van der Waals surface area contributed by atoms with Crippen LogP contribution in [-0.2, 0) is 27.0 Å². The van der Waals surface area contributed by atoms with E-state index in [9.17, 15) is 0 Å². The maximum Gasteiger partial charge on any atom is 1.00 e. The fourth-order valence-electron chi connectivity index (χ4n) is 0. The Labute approximate surface area is 117 Å². The zero-order valence-corrected chi connectivity index (χ0v) is 10.0. The minimum absolute atomic E-state index is 0. The molecule has 7 nitrogen and oxygen atoms in total. The van der Waals surface area contributed by atoms with E-state index in [-0.39, 0.29) is 86.6 Å². The minimum Gasteiger partial charge on any atom is -1.00 e. The van der Waals surface area contributed by atoms with Crippen LogP contribution in [0, 0.1) is 0 Å². The first kappa shape index (κ1) is 40.4. The Bertz CT molecular complexity index is 87.4. The molecule has 11 heavy (non-hydrogen) atoms. The van der Waals surface area contributed by atoms with Crippen molar-refractivity contribution in [3.63, 3.8) is 0 Å². The molecule has 0 fully saturated rings. The maximum absolute atomic E-state index is 9.10. The SMILES string of the molecule is O.O.O.O=C(O)C(=O)O.[Cr].[H-].[K+]. The van der Waals surface area contributed by atoms with Gasteiger partial charge in [-0.25, -0.2) is 9.59 Å². The molecule has 0 bridgehead atoms. The summed E-state index contributed by atoms with van der Waals surface area (Å²) in [4.78, 5) is 18.2. The molecule has 0 spiro atoms. The summed E-state index contributed by atoms with van der Waals surface area (Å²) in [5.74, 6) is -3.65. The predicted octanol–water partition coefficient (Wildman–Crippen LogP) is -6.20. The van der Waals surface area contributed by atoms with Gasteiger partial charge in [0.05, 0.1) is 0 Å². The molecule has 0 aliphatic carbocycles. The van der Waals surface area contributed by atoms with Crippen molar-refractivity contribution in [1.82, 2.24) is 0 Å². The van der Waals surface area contributed by atoms with E-state index in [0.717, 1.165) is 0 Å². The van der Waals surface area contributed by atoms with Crippen LogP contribution in [0.1, 0.15) is 1.43 Å². The number of carboxylic acid groups (broad SMARTS) is 2. The molecular weight excluding hydrogens is 227 g/mol. The maximum atomic E-state index is 9.10. The van der Waals surface area contributed by atoms with E-state index in [0.29, 0.717) is 0 Å². The summed E-state index contributed by atoms with van der Waals surface area (Å²) in [7, 11) is 0. The van der Waals surface area contributed by atoms with Gasteiger partial charge in [-0.15, -0.1) is 0 Å². The summed E-state index contributed by atoms with van der Waals surface area (Å²) in [6.07, 6.45) is 0. The van der Waals surface area contributed by atoms with E-state index in [1.807, 2.05) is 0 Å². The van der Waals surface area contributed by atoms with Gasteiger partial charge in [-0.3, -0.25) is 0 Å². The third-order valence-electron chi connectivity index (χ3n) is 0.183. The molecule has 0 atom stereocenters. The van der Waals surface area contributed by atoms with Crippen molar-refractivity contribution < 1.29 is 106 Å². The van der Waals surface area contributed by atoms with E-state index in [2.05, 4.69) is 0 Å². The van der Waals surface area contributed by atoms with Gasteiger partial charge in [-0.2, -0.15) is 0 Å². The van der Waals surface area contributed by atoms with E-state index < -0.39 is 11.9 Å². The molecule has 0 radical (unpaired) electrons. The van der Waals surface area contributed by atoms with Crippen LogP contribution < -0.4 is 51.4 Å². The average Bonchev–Trinajstić information content (AvgIpc) is 1.36. The largest absolute Gasteiger partial charge is 1.00 e. The molecule has 0 aromatic rings. The molecule has 0 aliphatic rings. The summed E-state index contributed by atoms with van der Waals surface area (Å²) in [5, 5.41) is 14.8. The van der Waals surface area contributed by atoms with Gasteiger partial charge in [0.25, 0.3) is 0 Å². The Morgan fingerprint density at radius 2 is 1.00 bits per heavy atom. The molecule has 0 saturated carbocycles. The van der Waals surface area contributed by atoms with E-state index in [1.165, 1.54) is 0 Å². The predicted molar refractivity (Wildman–Crippen MR) is 27.2 cm³/mol. The molecule has 66 valence electrons. The normalized spacial score (nSPS) is 4.00. The van der Waals surface area contributed by atoms with E-state index in [1.54, 1.807) is 0 Å². The van der Waals surface area contributed by atoms with Crippen LogP contribution in [0.15, 0.2) is 0 Å². The molecule has 0 amide bonds. The number of hydrogen-bond donors (Lipinski definition) is 2. The van der Waals surface area contributed by atoms with E-state index >= 15 is 0 Å². The van der Waals surface area contributed by atoms with Crippen LogP contribution in [0.3, 0.4) is 0 Å². The summed E-state index contributed by atoms with van der Waals surface area (Å²) in [5.41, 5.74) is 0. The van der Waals surface area contributed by atoms with Crippen molar-refractivity contribution in [1.29, 1.82) is 0 Å². The Morgan fingerprint density at radius 1 is 0.909 bits per heavy atom. The van der Waals surface area contributed by atoms with Gasteiger partial charge in [0, 0.05) is 17.4 Å². The molecule has 0 aromatic heterocycles. The molecule has 0 aliphatic heterocycles. The van der Waals surface area contributed by atoms with Gasteiger partial charge in [-0.1, -0.05) is 0 Å². The third kappa shape index (κ3) is 35.7. The van der Waals surface area contributed by atoms with Crippen molar-refractivity contribution in [3.8, 4) is 0 Å². The van der Waals surface area contributed by atoms with E-state index in [4.69, 9.17) is 19.8 Å². The number of aliphatic carboxylic acids is 2. The van der Waals surface area contributed by atoms with Crippen molar-refractivity contribution in [2.45, 2.75) is 0 Å². The van der Waals surface area contributed by atoms with Crippen LogP contribution >= 0.6 is 0 Å². The van der Waals surface area contributed by atoms with Gasteiger partial charge in [0.2, 0.25) is 0 Å². The van der Waals surface area contributed by atoms with Crippen LogP contribution in [-0.4, -0.2) is 38.6 Å². The first-order valence-electron chi connectivity index (χ1n) is 1.11. The second-order valence-electron chi connectivity index (χ2n) is 0.610. The summed E-state index contributed by atoms with van der Waals surface area (Å²) in [6.45, 7) is 0. The summed E-state index contributed by atoms with van der Waals surface area (Å²) < 4.78 is 0. The molecule has 0 aromatic carbocycles. The fourth-order valence-corrected chi connectivity index (χ4v) is 0. The Hall–Kier alpha value is 0.989. The first-order chi connectivity index (χ1) is 2.64. The zero-order chi connectivity index (χ0) is 5.15. The van der Waals surface area contributed by atoms with Crippen molar-refractivity contribution in [2.24, 2.45) is 0 Å². The van der Waals surface area contributed by atoms with Crippen molar-refractivity contribution >= 4 is 11.9 Å². The van der Waals surface area contributed by atoms with Gasteiger partial charge >= 0.3 is 63.3 Å². The summed E-state index contributed by atoms with van der Waals surface area (Å²) in [6, 6.07) is 0. The molecule has 0 rings (SSSR count). The second kappa shape index (κ2) is 22.4. The molecular formula is C2H9CrKO7. The minimum atomic E-state index is -1.82. The Morgan fingerprint density at radius 3 is 1.00 bits per heavy atom. The fraction of sp³-hybridized carbons (Fsp3) is 0. The number of hydrogen-bond acceptors (Lipinski definition) is 2.